The summed E-state index contributed by atoms with van der Waals surface area (Å²) in [5.74, 6) is -0.436. The molecular formula is C16H17FN2OS. The van der Waals surface area contributed by atoms with Gasteiger partial charge in [0.25, 0.3) is 0 Å². The van der Waals surface area contributed by atoms with Gasteiger partial charge in [0, 0.05) is 16.6 Å². The number of thiophene rings is 1. The van der Waals surface area contributed by atoms with Gasteiger partial charge in [0.05, 0.1) is 6.54 Å². The third kappa shape index (κ3) is 3.49. The molecule has 21 heavy (non-hydrogen) atoms. The van der Waals surface area contributed by atoms with Crippen LogP contribution in [0.1, 0.15) is 23.8 Å². The molecule has 0 aliphatic carbocycles. The van der Waals surface area contributed by atoms with Gasteiger partial charge in [-0.2, -0.15) is 0 Å². The first-order chi connectivity index (χ1) is 10.2. The van der Waals surface area contributed by atoms with Gasteiger partial charge in [-0.1, -0.05) is 12.1 Å². The fourth-order valence-corrected chi connectivity index (χ4v) is 3.67. The van der Waals surface area contributed by atoms with E-state index in [-0.39, 0.29) is 11.7 Å². The summed E-state index contributed by atoms with van der Waals surface area (Å²) < 4.78 is 13.1. The van der Waals surface area contributed by atoms with Crippen molar-refractivity contribution in [1.29, 1.82) is 0 Å². The lowest BCUT2D eigenvalue weighted by Gasteiger charge is -2.22. The molecule has 2 heterocycles. The number of carbonyl (C=O) groups is 1. The minimum Gasteiger partial charge on any atom is -0.325 e. The Morgan fingerprint density at radius 2 is 2.29 bits per heavy atom. The summed E-state index contributed by atoms with van der Waals surface area (Å²) in [7, 11) is 0. The van der Waals surface area contributed by atoms with Crippen molar-refractivity contribution in [1.82, 2.24) is 4.90 Å². The first-order valence-electron chi connectivity index (χ1n) is 7.05. The summed E-state index contributed by atoms with van der Waals surface area (Å²) in [6.45, 7) is 1.28. The number of likely N-dealkylation sites (tertiary alicyclic amines) is 1. The van der Waals surface area contributed by atoms with Crippen molar-refractivity contribution in [3.05, 3.63) is 52.5 Å². The largest absolute Gasteiger partial charge is 0.325 e. The SMILES string of the molecule is O=C(CN1CCC[C@@H]1c1cccs1)Nc1cccc(F)c1. The summed E-state index contributed by atoms with van der Waals surface area (Å²) in [5.41, 5.74) is 0.506. The van der Waals surface area contributed by atoms with E-state index < -0.39 is 0 Å². The average molecular weight is 304 g/mol. The van der Waals surface area contributed by atoms with Crippen molar-refractivity contribution in [2.75, 3.05) is 18.4 Å². The number of hydrogen-bond donors (Lipinski definition) is 1. The Balaban J connectivity index is 1.62. The van der Waals surface area contributed by atoms with Gasteiger partial charge < -0.3 is 5.32 Å². The number of hydrogen-bond acceptors (Lipinski definition) is 3. The number of amides is 1. The molecular weight excluding hydrogens is 287 g/mol. The molecule has 0 bridgehead atoms. The number of halogens is 1. The molecule has 3 nitrogen and oxygen atoms in total. The van der Waals surface area contributed by atoms with Crippen molar-refractivity contribution >= 4 is 22.9 Å². The van der Waals surface area contributed by atoms with Gasteiger partial charge in [-0.15, -0.1) is 11.3 Å². The molecule has 2 aromatic rings. The van der Waals surface area contributed by atoms with Gasteiger partial charge in [0.1, 0.15) is 5.82 Å². The van der Waals surface area contributed by atoms with E-state index >= 15 is 0 Å². The van der Waals surface area contributed by atoms with Crippen LogP contribution in [0.25, 0.3) is 0 Å². The Morgan fingerprint density at radius 3 is 3.05 bits per heavy atom. The summed E-state index contributed by atoms with van der Waals surface area (Å²) in [6.07, 6.45) is 2.20. The summed E-state index contributed by atoms with van der Waals surface area (Å²) in [5, 5.41) is 4.83. The van der Waals surface area contributed by atoms with E-state index in [0.29, 0.717) is 18.3 Å². The Morgan fingerprint density at radius 1 is 1.38 bits per heavy atom. The molecule has 1 atom stereocenters. The lowest BCUT2D eigenvalue weighted by molar-refractivity contribution is -0.117. The number of nitrogens with zero attached hydrogens (tertiary/aromatic N) is 1. The molecule has 0 unspecified atom stereocenters. The summed E-state index contributed by atoms with van der Waals surface area (Å²) in [4.78, 5) is 15.6. The van der Waals surface area contributed by atoms with Crippen LogP contribution in [0, 0.1) is 5.82 Å². The molecule has 1 N–H and O–H groups in total. The molecule has 1 amide bonds. The van der Waals surface area contributed by atoms with E-state index in [1.54, 1.807) is 23.5 Å². The highest BCUT2D eigenvalue weighted by Gasteiger charge is 2.28. The monoisotopic (exact) mass is 304 g/mol. The van der Waals surface area contributed by atoms with E-state index in [0.717, 1.165) is 19.4 Å². The molecule has 1 fully saturated rings. The van der Waals surface area contributed by atoms with Crippen molar-refractivity contribution in [3.8, 4) is 0 Å². The second kappa shape index (κ2) is 6.37. The van der Waals surface area contributed by atoms with Crippen LogP contribution >= 0.6 is 11.3 Å². The summed E-state index contributed by atoms with van der Waals surface area (Å²) in [6, 6.07) is 10.5. The Hall–Kier alpha value is -1.72. The molecule has 1 aromatic carbocycles. The molecule has 5 heteroatoms. The van der Waals surface area contributed by atoms with Crippen LogP contribution in [0.15, 0.2) is 41.8 Å². The second-order valence-corrected chi connectivity index (χ2v) is 6.18. The zero-order chi connectivity index (χ0) is 14.7. The number of carbonyl (C=O) groups excluding carboxylic acids is 1. The number of benzene rings is 1. The van der Waals surface area contributed by atoms with E-state index in [2.05, 4.69) is 21.7 Å². The highest BCUT2D eigenvalue weighted by molar-refractivity contribution is 7.10. The first kappa shape index (κ1) is 14.2. The van der Waals surface area contributed by atoms with Crippen molar-refractivity contribution in [3.63, 3.8) is 0 Å². The predicted molar refractivity (Wildman–Crippen MR) is 82.9 cm³/mol. The highest BCUT2D eigenvalue weighted by atomic mass is 32.1. The maximum absolute atomic E-state index is 13.1. The van der Waals surface area contributed by atoms with E-state index in [1.807, 2.05) is 6.07 Å². The van der Waals surface area contributed by atoms with Crippen LogP contribution in [0.4, 0.5) is 10.1 Å². The minimum atomic E-state index is -0.342. The van der Waals surface area contributed by atoms with E-state index in [1.165, 1.54) is 17.0 Å². The van der Waals surface area contributed by atoms with Crippen LogP contribution in [-0.2, 0) is 4.79 Å². The number of rotatable bonds is 4. The Kier molecular flexibility index (Phi) is 4.31. The third-order valence-corrected chi connectivity index (χ3v) is 4.66. The van der Waals surface area contributed by atoms with Crippen molar-refractivity contribution in [2.45, 2.75) is 18.9 Å². The van der Waals surface area contributed by atoms with Gasteiger partial charge in [0.2, 0.25) is 5.91 Å². The molecule has 1 aliphatic heterocycles. The molecule has 0 spiro atoms. The maximum atomic E-state index is 13.1. The van der Waals surface area contributed by atoms with Crippen LogP contribution in [0.5, 0.6) is 0 Å². The molecule has 0 radical (unpaired) electrons. The minimum absolute atomic E-state index is 0.0935. The van der Waals surface area contributed by atoms with Gasteiger partial charge >= 0.3 is 0 Å². The van der Waals surface area contributed by atoms with Gasteiger partial charge in [0.15, 0.2) is 0 Å². The fraction of sp³-hybridized carbons (Fsp3) is 0.312. The molecule has 3 rings (SSSR count). The zero-order valence-corrected chi connectivity index (χ0v) is 12.4. The highest BCUT2D eigenvalue weighted by Crippen LogP contribution is 2.34. The standard InChI is InChI=1S/C16H17FN2OS/c17-12-4-1-5-13(10-12)18-16(20)11-19-8-2-6-14(19)15-7-3-9-21-15/h1,3-5,7,9-10,14H,2,6,8,11H2,(H,18,20)/t14-/m1/s1. The fourth-order valence-electron chi connectivity index (χ4n) is 2.77. The molecule has 110 valence electrons. The summed E-state index contributed by atoms with van der Waals surface area (Å²) >= 11 is 1.73. The van der Waals surface area contributed by atoms with Crippen LogP contribution in [0.3, 0.4) is 0 Å². The van der Waals surface area contributed by atoms with Gasteiger partial charge in [-0.05, 0) is 49.0 Å². The van der Waals surface area contributed by atoms with Crippen molar-refractivity contribution in [2.24, 2.45) is 0 Å². The molecule has 1 saturated heterocycles. The zero-order valence-electron chi connectivity index (χ0n) is 11.6. The number of nitrogens with one attached hydrogen (secondary N) is 1. The van der Waals surface area contributed by atoms with Crippen LogP contribution in [-0.4, -0.2) is 23.9 Å². The lowest BCUT2D eigenvalue weighted by atomic mass is 10.2. The maximum Gasteiger partial charge on any atom is 0.238 e. The van der Waals surface area contributed by atoms with Crippen LogP contribution in [0.2, 0.25) is 0 Å². The van der Waals surface area contributed by atoms with Gasteiger partial charge in [-0.25, -0.2) is 4.39 Å². The predicted octanol–water partition coefficient (Wildman–Crippen LogP) is 3.66. The quantitative estimate of drug-likeness (QED) is 0.935. The Bertz CT molecular complexity index is 614. The van der Waals surface area contributed by atoms with Crippen molar-refractivity contribution < 1.29 is 9.18 Å². The molecule has 1 aromatic heterocycles. The third-order valence-electron chi connectivity index (χ3n) is 3.69. The van der Waals surface area contributed by atoms with E-state index in [9.17, 15) is 9.18 Å². The smallest absolute Gasteiger partial charge is 0.238 e. The number of anilines is 1. The lowest BCUT2D eigenvalue weighted by Crippen LogP contribution is -2.32. The topological polar surface area (TPSA) is 32.3 Å². The second-order valence-electron chi connectivity index (χ2n) is 5.20. The van der Waals surface area contributed by atoms with E-state index in [4.69, 9.17) is 0 Å². The van der Waals surface area contributed by atoms with Crippen LogP contribution < -0.4 is 5.32 Å². The van der Waals surface area contributed by atoms with Gasteiger partial charge in [-0.3, -0.25) is 9.69 Å². The first-order valence-corrected chi connectivity index (χ1v) is 7.93. The molecule has 1 aliphatic rings. The Labute approximate surface area is 127 Å². The molecule has 0 saturated carbocycles. The average Bonchev–Trinajstić information content (AvgIpc) is 3.08. The normalized spacial score (nSPS) is 18.8.